The van der Waals surface area contributed by atoms with Crippen molar-refractivity contribution in [2.45, 2.75) is 13.8 Å². The van der Waals surface area contributed by atoms with E-state index in [1.54, 1.807) is 6.21 Å². The van der Waals surface area contributed by atoms with Crippen LogP contribution in [-0.4, -0.2) is 6.21 Å². The normalized spacial score (nSPS) is 10.4. The van der Waals surface area contributed by atoms with Crippen LogP contribution in [0.4, 0.5) is 5.69 Å². The molecule has 0 saturated heterocycles. The number of hydrogen-bond donors (Lipinski definition) is 1. The van der Waals surface area contributed by atoms with Gasteiger partial charge in [-0.2, -0.15) is 5.10 Å². The molecule has 2 nitrogen and oxygen atoms in total. The number of hydrazone groups is 1. The van der Waals surface area contributed by atoms with Gasteiger partial charge in [0.25, 0.3) is 0 Å². The van der Waals surface area contributed by atoms with Crippen molar-refractivity contribution in [3.8, 4) is 0 Å². The van der Waals surface area contributed by atoms with Crippen LogP contribution in [0, 0.1) is 6.92 Å². The fourth-order valence-electron chi connectivity index (χ4n) is 0.854. The third-order valence-electron chi connectivity index (χ3n) is 1.34. The first kappa shape index (κ1) is 7.79. The summed E-state index contributed by atoms with van der Waals surface area (Å²) in [6, 6.07) is 8.09. The lowest BCUT2D eigenvalue weighted by Gasteiger charge is -1.99. The Hall–Kier alpha value is -1.31. The maximum atomic E-state index is 3.91. The predicted octanol–water partition coefficient (Wildman–Crippen LogP) is 2.41. The smallest absolute Gasteiger partial charge is 0.0564 e. The number of aryl methyl sites for hydroxylation is 1. The number of anilines is 1. The second kappa shape index (κ2) is 3.76. The fraction of sp³-hybridized carbons (Fsp3) is 0.222. The Balaban J connectivity index is 2.71. The van der Waals surface area contributed by atoms with E-state index in [4.69, 9.17) is 0 Å². The van der Waals surface area contributed by atoms with Gasteiger partial charge >= 0.3 is 0 Å². The van der Waals surface area contributed by atoms with Gasteiger partial charge in [-0.05, 0) is 31.5 Å². The second-order valence-electron chi connectivity index (χ2n) is 2.37. The molecule has 0 aliphatic carbocycles. The third kappa shape index (κ3) is 2.42. The monoisotopic (exact) mass is 148 g/mol. The Kier molecular flexibility index (Phi) is 2.66. The molecule has 2 heteroatoms. The van der Waals surface area contributed by atoms with Crippen molar-refractivity contribution in [1.82, 2.24) is 0 Å². The topological polar surface area (TPSA) is 24.4 Å². The number of nitrogens with one attached hydrogen (secondary N) is 1. The van der Waals surface area contributed by atoms with E-state index in [1.807, 2.05) is 25.1 Å². The summed E-state index contributed by atoms with van der Waals surface area (Å²) >= 11 is 0. The van der Waals surface area contributed by atoms with E-state index in [9.17, 15) is 0 Å². The van der Waals surface area contributed by atoms with Gasteiger partial charge in [-0.25, -0.2) is 0 Å². The van der Waals surface area contributed by atoms with Crippen molar-refractivity contribution < 1.29 is 0 Å². The van der Waals surface area contributed by atoms with Gasteiger partial charge in [0.2, 0.25) is 0 Å². The van der Waals surface area contributed by atoms with Crippen LogP contribution in [0.5, 0.6) is 0 Å². The van der Waals surface area contributed by atoms with Crippen LogP contribution in [0.15, 0.2) is 29.4 Å². The Morgan fingerprint density at radius 1 is 1.45 bits per heavy atom. The Morgan fingerprint density at radius 3 is 2.91 bits per heavy atom. The van der Waals surface area contributed by atoms with E-state index in [0.717, 1.165) is 5.69 Å². The van der Waals surface area contributed by atoms with E-state index < -0.39 is 0 Å². The average molecular weight is 148 g/mol. The summed E-state index contributed by atoms with van der Waals surface area (Å²) in [4.78, 5) is 0. The number of rotatable bonds is 2. The van der Waals surface area contributed by atoms with Gasteiger partial charge in [-0.3, -0.25) is 5.43 Å². The summed E-state index contributed by atoms with van der Waals surface area (Å²) in [6.45, 7) is 3.93. The van der Waals surface area contributed by atoms with Gasteiger partial charge in [-0.15, -0.1) is 0 Å². The standard InChI is InChI=1S/C9H12N2/c1-3-10-11-9-6-4-5-8(2)7-9/h3-7,11H,1-2H3/b10-3-. The van der Waals surface area contributed by atoms with Gasteiger partial charge in [0.15, 0.2) is 0 Å². The van der Waals surface area contributed by atoms with Crippen LogP contribution in [0.3, 0.4) is 0 Å². The number of nitrogens with zero attached hydrogens (tertiary/aromatic N) is 1. The predicted molar refractivity (Wildman–Crippen MR) is 49.0 cm³/mol. The molecule has 0 radical (unpaired) electrons. The molecule has 0 bridgehead atoms. The van der Waals surface area contributed by atoms with Gasteiger partial charge < -0.3 is 0 Å². The lowest BCUT2D eigenvalue weighted by atomic mass is 10.2. The van der Waals surface area contributed by atoms with Crippen LogP contribution in [0.2, 0.25) is 0 Å². The number of benzene rings is 1. The molecule has 58 valence electrons. The lowest BCUT2D eigenvalue weighted by Crippen LogP contribution is -1.87. The van der Waals surface area contributed by atoms with Crippen molar-refractivity contribution in [3.05, 3.63) is 29.8 Å². The van der Waals surface area contributed by atoms with Crippen molar-refractivity contribution >= 4 is 11.9 Å². The SMILES string of the molecule is C/C=N\Nc1cccc(C)c1. The van der Waals surface area contributed by atoms with Crippen LogP contribution >= 0.6 is 0 Å². The zero-order valence-corrected chi connectivity index (χ0v) is 6.83. The highest BCUT2D eigenvalue weighted by atomic mass is 15.3. The molecule has 0 saturated carbocycles. The van der Waals surface area contributed by atoms with E-state index in [1.165, 1.54) is 5.56 Å². The molecule has 0 amide bonds. The summed E-state index contributed by atoms with van der Waals surface area (Å²) in [6.07, 6.45) is 1.72. The minimum atomic E-state index is 1.03. The van der Waals surface area contributed by atoms with Crippen molar-refractivity contribution in [2.24, 2.45) is 5.10 Å². The molecule has 0 aliphatic heterocycles. The average Bonchev–Trinajstić information content (AvgIpc) is 2.01. The molecule has 1 aromatic carbocycles. The molecule has 0 atom stereocenters. The highest BCUT2D eigenvalue weighted by molar-refractivity contribution is 5.56. The summed E-state index contributed by atoms with van der Waals surface area (Å²) < 4.78 is 0. The zero-order chi connectivity index (χ0) is 8.10. The molecule has 1 rings (SSSR count). The third-order valence-corrected chi connectivity index (χ3v) is 1.34. The summed E-state index contributed by atoms with van der Waals surface area (Å²) in [7, 11) is 0. The largest absolute Gasteiger partial charge is 0.279 e. The minimum absolute atomic E-state index is 1.03. The molecule has 11 heavy (non-hydrogen) atoms. The Morgan fingerprint density at radius 2 is 2.27 bits per heavy atom. The molecule has 0 aromatic heterocycles. The van der Waals surface area contributed by atoms with Crippen LogP contribution < -0.4 is 5.43 Å². The summed E-state index contributed by atoms with van der Waals surface area (Å²) in [5, 5.41) is 3.91. The molecule has 0 spiro atoms. The molecule has 1 N–H and O–H groups in total. The highest BCUT2D eigenvalue weighted by Gasteiger charge is 1.87. The Labute approximate surface area is 66.9 Å². The summed E-state index contributed by atoms with van der Waals surface area (Å²) in [5.74, 6) is 0. The van der Waals surface area contributed by atoms with Crippen LogP contribution in [0.25, 0.3) is 0 Å². The maximum Gasteiger partial charge on any atom is 0.0564 e. The number of hydrogen-bond acceptors (Lipinski definition) is 2. The fourth-order valence-corrected chi connectivity index (χ4v) is 0.854. The molecular formula is C9H12N2. The quantitative estimate of drug-likeness (QED) is 0.505. The molecule has 0 unspecified atom stereocenters. The van der Waals surface area contributed by atoms with Crippen molar-refractivity contribution in [2.75, 3.05) is 5.43 Å². The molecule has 0 fully saturated rings. The molecule has 1 aromatic rings. The minimum Gasteiger partial charge on any atom is -0.279 e. The second-order valence-corrected chi connectivity index (χ2v) is 2.37. The molecule has 0 aliphatic rings. The lowest BCUT2D eigenvalue weighted by molar-refractivity contribution is 1.33. The van der Waals surface area contributed by atoms with E-state index in [2.05, 4.69) is 23.5 Å². The first-order valence-corrected chi connectivity index (χ1v) is 3.63. The van der Waals surface area contributed by atoms with E-state index in [-0.39, 0.29) is 0 Å². The van der Waals surface area contributed by atoms with Crippen molar-refractivity contribution in [3.63, 3.8) is 0 Å². The molecular weight excluding hydrogens is 136 g/mol. The van der Waals surface area contributed by atoms with Gasteiger partial charge in [0.05, 0.1) is 5.69 Å². The van der Waals surface area contributed by atoms with E-state index >= 15 is 0 Å². The van der Waals surface area contributed by atoms with Crippen molar-refractivity contribution in [1.29, 1.82) is 0 Å². The molecule has 0 heterocycles. The first-order chi connectivity index (χ1) is 5.33. The van der Waals surface area contributed by atoms with Crippen LogP contribution in [0.1, 0.15) is 12.5 Å². The van der Waals surface area contributed by atoms with Gasteiger partial charge in [0.1, 0.15) is 0 Å². The van der Waals surface area contributed by atoms with Gasteiger partial charge in [-0.1, -0.05) is 12.1 Å². The maximum absolute atomic E-state index is 3.91. The summed E-state index contributed by atoms with van der Waals surface area (Å²) in [5.41, 5.74) is 5.17. The zero-order valence-electron chi connectivity index (χ0n) is 6.83. The Bertz CT molecular complexity index is 253. The van der Waals surface area contributed by atoms with Crippen LogP contribution in [-0.2, 0) is 0 Å². The van der Waals surface area contributed by atoms with E-state index in [0.29, 0.717) is 0 Å². The highest BCUT2D eigenvalue weighted by Crippen LogP contribution is 2.08. The van der Waals surface area contributed by atoms with Gasteiger partial charge in [0, 0.05) is 6.21 Å². The first-order valence-electron chi connectivity index (χ1n) is 3.63.